The summed E-state index contributed by atoms with van der Waals surface area (Å²) in [7, 11) is 0. The van der Waals surface area contributed by atoms with Crippen molar-refractivity contribution in [2.45, 2.75) is 13.8 Å². The van der Waals surface area contributed by atoms with Crippen molar-refractivity contribution >= 4 is 29.0 Å². The number of amides is 1. The smallest absolute Gasteiger partial charge is 0.248 e. The van der Waals surface area contributed by atoms with E-state index in [2.05, 4.69) is 15.3 Å². The third-order valence-electron chi connectivity index (χ3n) is 3.39. The molecule has 0 fully saturated rings. The van der Waals surface area contributed by atoms with Gasteiger partial charge < -0.3 is 5.32 Å². The maximum atomic E-state index is 12.0. The van der Waals surface area contributed by atoms with Gasteiger partial charge in [-0.1, -0.05) is 12.1 Å². The number of pyridine rings is 1. The van der Waals surface area contributed by atoms with Crippen LogP contribution < -0.4 is 5.32 Å². The fraction of sp³-hybridized carbons (Fsp3) is 0.105. The first kappa shape index (κ1) is 16.1. The summed E-state index contributed by atoms with van der Waals surface area (Å²) in [4.78, 5) is 20.6. The van der Waals surface area contributed by atoms with Gasteiger partial charge in [0.25, 0.3) is 0 Å². The average molecular weight is 335 g/mol. The molecular weight excluding hydrogens is 318 g/mol. The lowest BCUT2D eigenvalue weighted by Crippen LogP contribution is -2.07. The minimum Gasteiger partial charge on any atom is -0.323 e. The van der Waals surface area contributed by atoms with E-state index in [0.29, 0.717) is 0 Å². The summed E-state index contributed by atoms with van der Waals surface area (Å²) in [5.74, 6) is -0.172. The molecule has 3 aromatic rings. The molecule has 2 aromatic heterocycles. The highest BCUT2D eigenvalue weighted by Crippen LogP contribution is 2.23. The highest BCUT2D eigenvalue weighted by Gasteiger charge is 2.03. The molecule has 4 nitrogen and oxygen atoms in total. The Bertz CT molecular complexity index is 882. The number of nitrogens with zero attached hydrogens (tertiary/aromatic N) is 2. The molecular formula is C19H17N3OS. The van der Waals surface area contributed by atoms with Crippen molar-refractivity contribution in [3.63, 3.8) is 0 Å². The molecule has 120 valence electrons. The second-order valence-corrected chi connectivity index (χ2v) is 6.51. The first-order chi connectivity index (χ1) is 11.6. The molecule has 1 N–H and O–H groups in total. The van der Waals surface area contributed by atoms with Crippen molar-refractivity contribution in [3.8, 4) is 11.3 Å². The monoisotopic (exact) mass is 335 g/mol. The van der Waals surface area contributed by atoms with Crippen molar-refractivity contribution in [2.75, 3.05) is 5.32 Å². The standard InChI is InChI=1S/C19H17N3OS/c1-13-9-15(11-20-10-13)3-8-19(23)22-17-6-4-16(5-7-17)18-12-24-14(2)21-18/h3-12H,1-2H3,(H,22,23)/b8-3+. The van der Waals surface area contributed by atoms with Gasteiger partial charge in [-0.15, -0.1) is 11.3 Å². The van der Waals surface area contributed by atoms with Gasteiger partial charge in [-0.2, -0.15) is 0 Å². The van der Waals surface area contributed by atoms with Gasteiger partial charge in [0.05, 0.1) is 10.7 Å². The zero-order valence-electron chi connectivity index (χ0n) is 13.5. The van der Waals surface area contributed by atoms with Crippen LogP contribution in [-0.4, -0.2) is 15.9 Å². The van der Waals surface area contributed by atoms with Crippen molar-refractivity contribution < 1.29 is 4.79 Å². The number of carbonyl (C=O) groups is 1. The normalized spacial score (nSPS) is 10.9. The fourth-order valence-corrected chi connectivity index (χ4v) is 2.87. The van der Waals surface area contributed by atoms with E-state index >= 15 is 0 Å². The van der Waals surface area contributed by atoms with Crippen LogP contribution in [0.2, 0.25) is 0 Å². The molecule has 0 unspecified atom stereocenters. The quantitative estimate of drug-likeness (QED) is 0.716. The van der Waals surface area contributed by atoms with E-state index in [1.807, 2.05) is 49.6 Å². The Labute approximate surface area is 144 Å². The van der Waals surface area contributed by atoms with Gasteiger partial charge in [0.1, 0.15) is 0 Å². The summed E-state index contributed by atoms with van der Waals surface area (Å²) in [6, 6.07) is 9.64. The minimum absolute atomic E-state index is 0.172. The lowest BCUT2D eigenvalue weighted by atomic mass is 10.1. The summed E-state index contributed by atoms with van der Waals surface area (Å²) in [5.41, 5.74) is 4.72. The van der Waals surface area contributed by atoms with E-state index < -0.39 is 0 Å². The van der Waals surface area contributed by atoms with E-state index in [4.69, 9.17) is 0 Å². The molecule has 5 heteroatoms. The van der Waals surface area contributed by atoms with Gasteiger partial charge >= 0.3 is 0 Å². The third kappa shape index (κ3) is 4.14. The minimum atomic E-state index is -0.172. The van der Waals surface area contributed by atoms with Gasteiger partial charge in [0.15, 0.2) is 0 Å². The second kappa shape index (κ2) is 7.19. The number of hydrogen-bond acceptors (Lipinski definition) is 4. The Balaban J connectivity index is 1.64. The molecule has 1 aromatic carbocycles. The van der Waals surface area contributed by atoms with Crippen molar-refractivity contribution in [2.24, 2.45) is 0 Å². The van der Waals surface area contributed by atoms with E-state index in [1.165, 1.54) is 6.08 Å². The van der Waals surface area contributed by atoms with E-state index in [0.717, 1.165) is 33.1 Å². The van der Waals surface area contributed by atoms with Crippen LogP contribution in [0.15, 0.2) is 54.2 Å². The molecule has 3 rings (SSSR count). The number of anilines is 1. The van der Waals surface area contributed by atoms with Crippen LogP contribution in [0.25, 0.3) is 17.3 Å². The number of aromatic nitrogens is 2. The Morgan fingerprint density at radius 2 is 1.96 bits per heavy atom. The SMILES string of the molecule is Cc1cncc(/C=C/C(=O)Nc2ccc(-c3csc(C)n3)cc2)c1. The summed E-state index contributed by atoms with van der Waals surface area (Å²) in [6.45, 7) is 3.95. The predicted molar refractivity (Wildman–Crippen MR) is 98.9 cm³/mol. The number of rotatable bonds is 4. The number of aryl methyl sites for hydroxylation is 2. The largest absolute Gasteiger partial charge is 0.323 e. The van der Waals surface area contributed by atoms with E-state index in [9.17, 15) is 4.79 Å². The zero-order chi connectivity index (χ0) is 16.9. The molecule has 0 saturated heterocycles. The Morgan fingerprint density at radius 3 is 2.62 bits per heavy atom. The van der Waals surface area contributed by atoms with Gasteiger partial charge in [-0.05, 0) is 49.2 Å². The molecule has 0 aliphatic carbocycles. The average Bonchev–Trinajstić information content (AvgIpc) is 3.00. The lowest BCUT2D eigenvalue weighted by molar-refractivity contribution is -0.111. The third-order valence-corrected chi connectivity index (χ3v) is 4.16. The molecule has 0 spiro atoms. The Morgan fingerprint density at radius 1 is 1.17 bits per heavy atom. The van der Waals surface area contributed by atoms with Crippen LogP contribution >= 0.6 is 11.3 Å². The topological polar surface area (TPSA) is 54.9 Å². The Hall–Kier alpha value is -2.79. The summed E-state index contributed by atoms with van der Waals surface area (Å²) in [5, 5.41) is 5.92. The van der Waals surface area contributed by atoms with Gasteiger partial charge in [0, 0.05) is 35.1 Å². The maximum absolute atomic E-state index is 12.0. The predicted octanol–water partition coefficient (Wildman–Crippen LogP) is 4.47. The second-order valence-electron chi connectivity index (χ2n) is 5.45. The zero-order valence-corrected chi connectivity index (χ0v) is 14.3. The number of thiazole rings is 1. The van der Waals surface area contributed by atoms with Crippen LogP contribution in [0, 0.1) is 13.8 Å². The molecule has 0 saturated carbocycles. The Kier molecular flexibility index (Phi) is 4.82. The molecule has 0 aliphatic rings. The molecule has 0 atom stereocenters. The van der Waals surface area contributed by atoms with E-state index in [1.54, 1.807) is 29.8 Å². The van der Waals surface area contributed by atoms with Crippen LogP contribution in [0.3, 0.4) is 0 Å². The van der Waals surface area contributed by atoms with Crippen molar-refractivity contribution in [1.29, 1.82) is 0 Å². The molecule has 24 heavy (non-hydrogen) atoms. The van der Waals surface area contributed by atoms with Crippen molar-refractivity contribution in [3.05, 3.63) is 70.3 Å². The van der Waals surface area contributed by atoms with Crippen LogP contribution in [-0.2, 0) is 4.79 Å². The number of hydrogen-bond donors (Lipinski definition) is 1. The first-order valence-electron chi connectivity index (χ1n) is 7.53. The number of nitrogens with one attached hydrogen (secondary N) is 1. The van der Waals surface area contributed by atoms with Gasteiger partial charge in [-0.3, -0.25) is 9.78 Å². The molecule has 0 bridgehead atoms. The fourth-order valence-electron chi connectivity index (χ4n) is 2.25. The van der Waals surface area contributed by atoms with Gasteiger partial charge in [-0.25, -0.2) is 4.98 Å². The first-order valence-corrected chi connectivity index (χ1v) is 8.41. The van der Waals surface area contributed by atoms with Crippen LogP contribution in [0.1, 0.15) is 16.1 Å². The molecule has 2 heterocycles. The lowest BCUT2D eigenvalue weighted by Gasteiger charge is -2.03. The summed E-state index contributed by atoms with van der Waals surface area (Å²) in [6.07, 6.45) is 6.76. The van der Waals surface area contributed by atoms with Crippen LogP contribution in [0.4, 0.5) is 5.69 Å². The summed E-state index contributed by atoms with van der Waals surface area (Å²) < 4.78 is 0. The number of benzene rings is 1. The number of carbonyl (C=O) groups excluding carboxylic acids is 1. The van der Waals surface area contributed by atoms with Crippen LogP contribution in [0.5, 0.6) is 0 Å². The van der Waals surface area contributed by atoms with Gasteiger partial charge in [0.2, 0.25) is 5.91 Å². The molecule has 0 radical (unpaired) electrons. The molecule has 1 amide bonds. The van der Waals surface area contributed by atoms with E-state index in [-0.39, 0.29) is 5.91 Å². The maximum Gasteiger partial charge on any atom is 0.248 e. The van der Waals surface area contributed by atoms with Crippen molar-refractivity contribution in [1.82, 2.24) is 9.97 Å². The highest BCUT2D eigenvalue weighted by atomic mass is 32.1. The highest BCUT2D eigenvalue weighted by molar-refractivity contribution is 7.09. The summed E-state index contributed by atoms with van der Waals surface area (Å²) >= 11 is 1.62. The molecule has 0 aliphatic heterocycles.